The van der Waals surface area contributed by atoms with Crippen LogP contribution in [0, 0.1) is 0 Å². The maximum absolute atomic E-state index is 12.1. The molecule has 2 unspecified atom stereocenters. The SMILES string of the molecule is CCNC(C)CC(=O)N1CCCC1(C)C(=O)O. The quantitative estimate of drug-likeness (QED) is 0.749. The van der Waals surface area contributed by atoms with E-state index in [2.05, 4.69) is 5.32 Å². The molecule has 0 aromatic carbocycles. The van der Waals surface area contributed by atoms with E-state index in [9.17, 15) is 14.7 Å². The minimum absolute atomic E-state index is 0.0687. The highest BCUT2D eigenvalue weighted by molar-refractivity contribution is 5.87. The summed E-state index contributed by atoms with van der Waals surface area (Å²) in [5, 5.41) is 12.4. The largest absolute Gasteiger partial charge is 0.480 e. The fourth-order valence-corrected chi connectivity index (χ4v) is 2.38. The average Bonchev–Trinajstić information content (AvgIpc) is 2.62. The summed E-state index contributed by atoms with van der Waals surface area (Å²) in [5.41, 5.74) is -1.01. The second-order valence-electron chi connectivity index (χ2n) is 4.89. The summed E-state index contributed by atoms with van der Waals surface area (Å²) in [5.74, 6) is -0.972. The van der Waals surface area contributed by atoms with Crippen LogP contribution in [0.5, 0.6) is 0 Å². The fourth-order valence-electron chi connectivity index (χ4n) is 2.38. The van der Waals surface area contributed by atoms with Gasteiger partial charge in [-0.15, -0.1) is 0 Å². The Kier molecular flexibility index (Phi) is 4.51. The van der Waals surface area contributed by atoms with Gasteiger partial charge < -0.3 is 15.3 Å². The van der Waals surface area contributed by atoms with Crippen molar-refractivity contribution in [3.8, 4) is 0 Å². The number of likely N-dealkylation sites (tertiary alicyclic amines) is 1. The first kappa shape index (κ1) is 14.0. The van der Waals surface area contributed by atoms with Crippen molar-refractivity contribution >= 4 is 11.9 Å². The molecular weight excluding hydrogens is 220 g/mol. The van der Waals surface area contributed by atoms with E-state index < -0.39 is 11.5 Å². The first-order valence-corrected chi connectivity index (χ1v) is 6.19. The normalized spacial score (nSPS) is 25.9. The number of hydrogen-bond acceptors (Lipinski definition) is 3. The van der Waals surface area contributed by atoms with Gasteiger partial charge in [0.05, 0.1) is 0 Å². The number of carboxylic acids is 1. The lowest BCUT2D eigenvalue weighted by atomic mass is 9.99. The molecule has 0 radical (unpaired) electrons. The number of hydrogen-bond donors (Lipinski definition) is 2. The van der Waals surface area contributed by atoms with E-state index in [-0.39, 0.29) is 11.9 Å². The highest BCUT2D eigenvalue weighted by atomic mass is 16.4. The highest BCUT2D eigenvalue weighted by Crippen LogP contribution is 2.29. The van der Waals surface area contributed by atoms with Crippen LogP contribution in [0.2, 0.25) is 0 Å². The van der Waals surface area contributed by atoms with Crippen molar-refractivity contribution in [3.05, 3.63) is 0 Å². The molecule has 1 amide bonds. The molecule has 0 aliphatic carbocycles. The van der Waals surface area contributed by atoms with Crippen molar-refractivity contribution in [1.29, 1.82) is 0 Å². The van der Waals surface area contributed by atoms with Gasteiger partial charge in [0.1, 0.15) is 5.54 Å². The Bertz CT molecular complexity index is 306. The summed E-state index contributed by atoms with van der Waals surface area (Å²) in [7, 11) is 0. The molecule has 1 heterocycles. The van der Waals surface area contributed by atoms with E-state index in [1.165, 1.54) is 4.90 Å². The first-order valence-electron chi connectivity index (χ1n) is 6.19. The Morgan fingerprint density at radius 2 is 2.18 bits per heavy atom. The molecular formula is C12H22N2O3. The highest BCUT2D eigenvalue weighted by Gasteiger charge is 2.45. The van der Waals surface area contributed by atoms with Crippen LogP contribution in [-0.2, 0) is 9.59 Å². The summed E-state index contributed by atoms with van der Waals surface area (Å²) >= 11 is 0. The lowest BCUT2D eigenvalue weighted by Gasteiger charge is -2.32. The minimum Gasteiger partial charge on any atom is -0.480 e. The molecule has 5 heteroatoms. The molecule has 1 aliphatic heterocycles. The standard InChI is InChI=1S/C12H22N2O3/c1-4-13-9(2)8-10(15)14-7-5-6-12(14,3)11(16)17/h9,13H,4-8H2,1-3H3,(H,16,17). The Labute approximate surface area is 102 Å². The third-order valence-electron chi connectivity index (χ3n) is 3.44. The number of rotatable bonds is 5. The third-order valence-corrected chi connectivity index (χ3v) is 3.44. The molecule has 17 heavy (non-hydrogen) atoms. The topological polar surface area (TPSA) is 69.6 Å². The van der Waals surface area contributed by atoms with Crippen LogP contribution < -0.4 is 5.32 Å². The third kappa shape index (κ3) is 2.97. The Morgan fingerprint density at radius 1 is 1.53 bits per heavy atom. The number of nitrogens with one attached hydrogen (secondary N) is 1. The number of amides is 1. The molecule has 2 N–H and O–H groups in total. The molecule has 1 rings (SSSR count). The van der Waals surface area contributed by atoms with Gasteiger partial charge in [0.15, 0.2) is 0 Å². The van der Waals surface area contributed by atoms with Gasteiger partial charge in [0.25, 0.3) is 0 Å². The zero-order valence-corrected chi connectivity index (χ0v) is 10.8. The number of carboxylic acid groups (broad SMARTS) is 1. The summed E-state index contributed by atoms with van der Waals surface area (Å²) in [4.78, 5) is 24.8. The van der Waals surface area contributed by atoms with Crippen molar-refractivity contribution in [2.75, 3.05) is 13.1 Å². The van der Waals surface area contributed by atoms with Gasteiger partial charge in [-0.25, -0.2) is 4.79 Å². The monoisotopic (exact) mass is 242 g/mol. The van der Waals surface area contributed by atoms with Crippen molar-refractivity contribution in [3.63, 3.8) is 0 Å². The van der Waals surface area contributed by atoms with Crippen LogP contribution in [0.1, 0.15) is 40.0 Å². The number of carbonyl (C=O) groups excluding carboxylic acids is 1. The van der Waals surface area contributed by atoms with Crippen LogP contribution in [-0.4, -0.2) is 46.6 Å². The molecule has 0 aromatic rings. The maximum Gasteiger partial charge on any atom is 0.329 e. The smallest absolute Gasteiger partial charge is 0.329 e. The van der Waals surface area contributed by atoms with E-state index in [0.717, 1.165) is 13.0 Å². The fraction of sp³-hybridized carbons (Fsp3) is 0.833. The molecule has 2 atom stereocenters. The van der Waals surface area contributed by atoms with Gasteiger partial charge in [-0.3, -0.25) is 4.79 Å². The minimum atomic E-state index is -1.01. The molecule has 1 saturated heterocycles. The van der Waals surface area contributed by atoms with Crippen molar-refractivity contribution in [1.82, 2.24) is 10.2 Å². The average molecular weight is 242 g/mol. The second-order valence-corrected chi connectivity index (χ2v) is 4.89. The van der Waals surface area contributed by atoms with E-state index in [1.807, 2.05) is 13.8 Å². The maximum atomic E-state index is 12.1. The zero-order chi connectivity index (χ0) is 13.1. The van der Waals surface area contributed by atoms with Crippen LogP contribution in [0.15, 0.2) is 0 Å². The predicted molar refractivity (Wildman–Crippen MR) is 64.7 cm³/mol. The predicted octanol–water partition coefficient (Wildman–Crippen LogP) is 0.840. The summed E-state index contributed by atoms with van der Waals surface area (Å²) in [6.07, 6.45) is 1.67. The Hall–Kier alpha value is -1.10. The molecule has 1 aliphatic rings. The molecule has 0 saturated carbocycles. The molecule has 98 valence electrons. The summed E-state index contributed by atoms with van der Waals surface area (Å²) in [6.45, 7) is 6.93. The van der Waals surface area contributed by atoms with Crippen molar-refractivity contribution in [2.24, 2.45) is 0 Å². The second kappa shape index (κ2) is 5.49. The Balaban J connectivity index is 2.65. The number of carbonyl (C=O) groups is 2. The van der Waals surface area contributed by atoms with Crippen LogP contribution in [0.3, 0.4) is 0 Å². The first-order chi connectivity index (χ1) is 7.91. The number of nitrogens with zero attached hydrogens (tertiary/aromatic N) is 1. The van der Waals surface area contributed by atoms with E-state index >= 15 is 0 Å². The van der Waals surface area contributed by atoms with E-state index in [4.69, 9.17) is 0 Å². The lowest BCUT2D eigenvalue weighted by molar-refractivity contribution is -0.155. The molecule has 0 spiro atoms. The molecule has 0 bridgehead atoms. The molecule has 0 aromatic heterocycles. The van der Waals surface area contributed by atoms with Gasteiger partial charge in [0, 0.05) is 19.0 Å². The van der Waals surface area contributed by atoms with Crippen molar-refractivity contribution in [2.45, 2.75) is 51.6 Å². The molecule has 5 nitrogen and oxygen atoms in total. The van der Waals surface area contributed by atoms with Crippen LogP contribution in [0.4, 0.5) is 0 Å². The van der Waals surface area contributed by atoms with E-state index in [0.29, 0.717) is 19.4 Å². The lowest BCUT2D eigenvalue weighted by Crippen LogP contribution is -2.51. The number of aliphatic carboxylic acids is 1. The van der Waals surface area contributed by atoms with Gasteiger partial charge in [-0.05, 0) is 33.2 Å². The summed E-state index contributed by atoms with van der Waals surface area (Å²) in [6, 6.07) is 0.0890. The van der Waals surface area contributed by atoms with Gasteiger partial charge in [-0.1, -0.05) is 6.92 Å². The van der Waals surface area contributed by atoms with Gasteiger partial charge >= 0.3 is 5.97 Å². The van der Waals surface area contributed by atoms with Gasteiger partial charge in [0.2, 0.25) is 5.91 Å². The zero-order valence-electron chi connectivity index (χ0n) is 10.8. The molecule has 1 fully saturated rings. The van der Waals surface area contributed by atoms with E-state index in [1.54, 1.807) is 6.92 Å². The summed E-state index contributed by atoms with van der Waals surface area (Å²) < 4.78 is 0. The Morgan fingerprint density at radius 3 is 2.71 bits per heavy atom. The van der Waals surface area contributed by atoms with Crippen molar-refractivity contribution < 1.29 is 14.7 Å². The van der Waals surface area contributed by atoms with Crippen LogP contribution in [0.25, 0.3) is 0 Å². The van der Waals surface area contributed by atoms with Gasteiger partial charge in [-0.2, -0.15) is 0 Å². The van der Waals surface area contributed by atoms with Crippen LogP contribution >= 0.6 is 0 Å².